The van der Waals surface area contributed by atoms with Crippen molar-refractivity contribution in [2.75, 3.05) is 11.5 Å². The summed E-state index contributed by atoms with van der Waals surface area (Å²) < 4.78 is 5.03. The second kappa shape index (κ2) is 8.78. The van der Waals surface area contributed by atoms with Crippen molar-refractivity contribution in [1.82, 2.24) is 0 Å². The number of benzene rings is 2. The van der Waals surface area contributed by atoms with Crippen LogP contribution < -0.4 is 4.90 Å². The zero-order valence-electron chi connectivity index (χ0n) is 17.7. The molecule has 0 bridgehead atoms. The summed E-state index contributed by atoms with van der Waals surface area (Å²) in [6.45, 7) is 1.33. The van der Waals surface area contributed by atoms with Gasteiger partial charge in [-0.05, 0) is 36.6 Å². The third kappa shape index (κ3) is 4.17. The van der Waals surface area contributed by atoms with Crippen LogP contribution in [0.1, 0.15) is 34.1 Å². The lowest BCUT2D eigenvalue weighted by Gasteiger charge is -2.22. The highest BCUT2D eigenvalue weighted by Gasteiger charge is 2.50. The maximum Gasteiger partial charge on any atom is 0.338 e. The first-order valence-corrected chi connectivity index (χ1v) is 10.4. The number of amides is 2. The lowest BCUT2D eigenvalue weighted by Crippen LogP contribution is -2.31. The number of allylic oxidation sites excluding steroid dienone is 2. The fourth-order valence-corrected chi connectivity index (χ4v) is 4.24. The summed E-state index contributed by atoms with van der Waals surface area (Å²) in [4.78, 5) is 61.6. The number of non-ortho nitro benzene ring substituents is 1. The van der Waals surface area contributed by atoms with E-state index in [1.54, 1.807) is 0 Å². The van der Waals surface area contributed by atoms with Gasteiger partial charge in [-0.1, -0.05) is 31.2 Å². The van der Waals surface area contributed by atoms with Crippen LogP contribution in [-0.4, -0.2) is 35.1 Å². The van der Waals surface area contributed by atoms with Crippen LogP contribution in [0.2, 0.25) is 0 Å². The second-order valence-electron chi connectivity index (χ2n) is 8.02. The van der Waals surface area contributed by atoms with Gasteiger partial charge in [-0.15, -0.1) is 0 Å². The van der Waals surface area contributed by atoms with Crippen molar-refractivity contribution >= 4 is 34.9 Å². The molecule has 168 valence electrons. The molecule has 2 aliphatic rings. The molecule has 3 atom stereocenters. The average molecular weight is 448 g/mol. The van der Waals surface area contributed by atoms with Crippen molar-refractivity contribution in [1.29, 1.82) is 0 Å². The Bertz CT molecular complexity index is 1190. The molecular formula is C24H20N2O7. The molecular weight excluding hydrogens is 428 g/mol. The Morgan fingerprint density at radius 2 is 1.82 bits per heavy atom. The highest BCUT2D eigenvalue weighted by Crippen LogP contribution is 2.40. The van der Waals surface area contributed by atoms with Crippen LogP contribution >= 0.6 is 0 Å². The molecule has 1 saturated heterocycles. The van der Waals surface area contributed by atoms with Gasteiger partial charge in [-0.3, -0.25) is 29.4 Å². The Morgan fingerprint density at radius 3 is 2.48 bits per heavy atom. The Hall–Kier alpha value is -4.14. The van der Waals surface area contributed by atoms with Gasteiger partial charge in [0.2, 0.25) is 17.6 Å². The number of nitro benzene ring substituents is 1. The molecule has 33 heavy (non-hydrogen) atoms. The number of hydrogen-bond acceptors (Lipinski definition) is 7. The number of nitrogens with zero attached hydrogens (tertiary/aromatic N) is 2. The number of carbonyl (C=O) groups is 4. The molecule has 4 rings (SSSR count). The van der Waals surface area contributed by atoms with E-state index in [0.717, 1.165) is 6.07 Å². The fourth-order valence-electron chi connectivity index (χ4n) is 4.24. The van der Waals surface area contributed by atoms with Gasteiger partial charge in [-0.25, -0.2) is 4.79 Å². The molecule has 0 aromatic heterocycles. The molecule has 0 N–H and O–H groups in total. The van der Waals surface area contributed by atoms with E-state index in [-0.39, 0.29) is 46.4 Å². The molecule has 0 unspecified atom stereocenters. The van der Waals surface area contributed by atoms with Crippen LogP contribution in [0, 0.1) is 27.9 Å². The van der Waals surface area contributed by atoms with E-state index in [2.05, 4.69) is 0 Å². The summed E-state index contributed by atoms with van der Waals surface area (Å²) in [5, 5.41) is 10.8. The van der Waals surface area contributed by atoms with Crippen LogP contribution in [0.25, 0.3) is 0 Å². The number of imide groups is 1. The first kappa shape index (κ1) is 22.1. The average Bonchev–Trinajstić information content (AvgIpc) is 3.08. The van der Waals surface area contributed by atoms with Gasteiger partial charge in [0.1, 0.15) is 0 Å². The van der Waals surface area contributed by atoms with Crippen molar-refractivity contribution in [2.24, 2.45) is 17.8 Å². The van der Waals surface area contributed by atoms with E-state index in [1.807, 2.05) is 19.1 Å². The van der Waals surface area contributed by atoms with E-state index >= 15 is 0 Å². The molecule has 1 aliphatic heterocycles. The monoisotopic (exact) mass is 448 g/mol. The van der Waals surface area contributed by atoms with Crippen LogP contribution in [0.15, 0.2) is 60.7 Å². The molecule has 9 heteroatoms. The van der Waals surface area contributed by atoms with Crippen molar-refractivity contribution in [3.05, 3.63) is 81.9 Å². The fraction of sp³-hybridized carbons (Fsp3) is 0.250. The Morgan fingerprint density at radius 1 is 1.09 bits per heavy atom. The maximum atomic E-state index is 12.9. The molecule has 2 aromatic rings. The molecule has 0 radical (unpaired) electrons. The summed E-state index contributed by atoms with van der Waals surface area (Å²) in [6, 6.07) is 11.0. The molecule has 1 heterocycles. The van der Waals surface area contributed by atoms with Gasteiger partial charge in [-0.2, -0.15) is 0 Å². The smallest absolute Gasteiger partial charge is 0.338 e. The lowest BCUT2D eigenvalue weighted by molar-refractivity contribution is -0.384. The van der Waals surface area contributed by atoms with Crippen molar-refractivity contribution < 1.29 is 28.8 Å². The zero-order chi connectivity index (χ0) is 23.7. The molecule has 0 spiro atoms. The van der Waals surface area contributed by atoms with Gasteiger partial charge in [0.05, 0.1) is 28.0 Å². The first-order valence-electron chi connectivity index (χ1n) is 10.4. The molecule has 1 aliphatic carbocycles. The number of nitro groups is 1. The molecule has 2 aromatic carbocycles. The van der Waals surface area contributed by atoms with Crippen molar-refractivity contribution in [2.45, 2.75) is 13.3 Å². The largest absolute Gasteiger partial charge is 0.454 e. The standard InChI is InChI=1S/C24H20N2O7/c1-14-4-2-7-19-21(14)23(29)25(22(19)28)17-10-8-15(9-11-17)24(30)33-13-20(27)16-5-3-6-18(12-16)26(31)32/h2-6,8-12,14,19,21H,7,13H2,1H3/t14-,19-,21+/m1/s1. The SMILES string of the molecule is C[C@@H]1C=CC[C@H]2C(=O)N(c3ccc(C(=O)OCC(=O)c4cccc([N+](=O)[O-])c4)cc3)C(=O)[C@@H]12. The molecule has 0 saturated carbocycles. The predicted molar refractivity (Wildman–Crippen MR) is 117 cm³/mol. The van der Waals surface area contributed by atoms with Gasteiger partial charge in [0.25, 0.3) is 5.69 Å². The highest BCUT2D eigenvalue weighted by atomic mass is 16.6. The Balaban J connectivity index is 1.41. The number of esters is 1. The molecule has 2 amide bonds. The summed E-state index contributed by atoms with van der Waals surface area (Å²) in [5.74, 6) is -2.64. The van der Waals surface area contributed by atoms with Gasteiger partial charge in [0, 0.05) is 17.7 Å². The highest BCUT2D eigenvalue weighted by molar-refractivity contribution is 6.22. The third-order valence-electron chi connectivity index (χ3n) is 5.95. The Kier molecular flexibility index (Phi) is 5.87. The summed E-state index contributed by atoms with van der Waals surface area (Å²) in [7, 11) is 0. The first-order chi connectivity index (χ1) is 15.8. The summed E-state index contributed by atoms with van der Waals surface area (Å²) in [6.07, 6.45) is 4.40. The second-order valence-corrected chi connectivity index (χ2v) is 8.02. The zero-order valence-corrected chi connectivity index (χ0v) is 17.7. The third-order valence-corrected chi connectivity index (χ3v) is 5.95. The number of anilines is 1. The minimum Gasteiger partial charge on any atom is -0.454 e. The van der Waals surface area contributed by atoms with Gasteiger partial charge >= 0.3 is 5.97 Å². The van der Waals surface area contributed by atoms with Crippen LogP contribution in [0.4, 0.5) is 11.4 Å². The summed E-state index contributed by atoms with van der Waals surface area (Å²) in [5.41, 5.74) is 0.329. The summed E-state index contributed by atoms with van der Waals surface area (Å²) >= 11 is 0. The number of hydrogen-bond donors (Lipinski definition) is 0. The van der Waals surface area contributed by atoms with E-state index in [4.69, 9.17) is 4.74 Å². The van der Waals surface area contributed by atoms with Crippen molar-refractivity contribution in [3.63, 3.8) is 0 Å². The number of fused-ring (bicyclic) bond motifs is 1. The normalized spacial score (nSPS) is 21.6. The van der Waals surface area contributed by atoms with Gasteiger partial charge in [0.15, 0.2) is 6.61 Å². The van der Waals surface area contributed by atoms with Crippen molar-refractivity contribution in [3.8, 4) is 0 Å². The molecule has 1 fully saturated rings. The number of ether oxygens (including phenoxy) is 1. The minimum absolute atomic E-state index is 0.0250. The van der Waals surface area contributed by atoms with Crippen LogP contribution in [0.5, 0.6) is 0 Å². The minimum atomic E-state index is -0.772. The number of ketones is 1. The predicted octanol–water partition coefficient (Wildman–Crippen LogP) is 3.34. The van der Waals surface area contributed by atoms with E-state index in [9.17, 15) is 29.3 Å². The lowest BCUT2D eigenvalue weighted by atomic mass is 9.78. The van der Waals surface area contributed by atoms with Gasteiger partial charge < -0.3 is 4.74 Å². The Labute approximate surface area is 188 Å². The van der Waals surface area contributed by atoms with Crippen LogP contribution in [-0.2, 0) is 14.3 Å². The number of Topliss-reactive ketones (excluding diaryl/α,β-unsaturated/α-hetero) is 1. The number of rotatable bonds is 6. The van der Waals surface area contributed by atoms with Crippen LogP contribution in [0.3, 0.4) is 0 Å². The van der Waals surface area contributed by atoms with E-state index in [1.165, 1.54) is 47.4 Å². The van der Waals surface area contributed by atoms with E-state index in [0.29, 0.717) is 12.1 Å². The maximum absolute atomic E-state index is 12.9. The molecule has 9 nitrogen and oxygen atoms in total. The quantitative estimate of drug-likeness (QED) is 0.166. The topological polar surface area (TPSA) is 124 Å². The number of carbonyl (C=O) groups excluding carboxylic acids is 4. The van der Waals surface area contributed by atoms with E-state index < -0.39 is 23.3 Å².